The van der Waals surface area contributed by atoms with Crippen molar-refractivity contribution >= 4 is 11.6 Å². The smallest absolute Gasteiger partial charge is 0.275 e. The normalized spacial score (nSPS) is 19.0. The molecule has 4 nitrogen and oxygen atoms in total. The lowest BCUT2D eigenvalue weighted by molar-refractivity contribution is -0.128. The van der Waals surface area contributed by atoms with Crippen LogP contribution < -0.4 is 5.32 Å². The zero-order chi connectivity index (χ0) is 11.0. The third kappa shape index (κ3) is 1.55. The van der Waals surface area contributed by atoms with Gasteiger partial charge in [-0.15, -0.1) is 0 Å². The van der Waals surface area contributed by atoms with Crippen molar-refractivity contribution in [1.82, 2.24) is 5.32 Å². The minimum Gasteiger partial charge on any atom is -0.383 e. The summed E-state index contributed by atoms with van der Waals surface area (Å²) < 4.78 is 13.2. The van der Waals surface area contributed by atoms with Crippen LogP contribution in [0.2, 0.25) is 0 Å². The molecule has 1 unspecified atom stereocenters. The van der Waals surface area contributed by atoms with Crippen LogP contribution in [0.3, 0.4) is 0 Å². The van der Waals surface area contributed by atoms with E-state index in [0.29, 0.717) is 5.56 Å². The number of hydrogen-bond acceptors (Lipinski definition) is 3. The van der Waals surface area contributed by atoms with Gasteiger partial charge in [-0.1, -0.05) is 0 Å². The lowest BCUT2D eigenvalue weighted by Gasteiger charge is -2.18. The molecule has 1 aromatic rings. The minimum absolute atomic E-state index is 0.0420. The Bertz CT molecular complexity index is 479. The molecule has 15 heavy (non-hydrogen) atoms. The fourth-order valence-corrected chi connectivity index (χ4v) is 1.45. The summed E-state index contributed by atoms with van der Waals surface area (Å²) >= 11 is 0. The van der Waals surface area contributed by atoms with Gasteiger partial charge in [0.05, 0.1) is 11.3 Å². The van der Waals surface area contributed by atoms with Gasteiger partial charge in [0, 0.05) is 6.42 Å². The fraction of sp³-hybridized carbons (Fsp3) is 0.200. The van der Waals surface area contributed by atoms with Crippen LogP contribution in [0.25, 0.3) is 0 Å². The average Bonchev–Trinajstić information content (AvgIpc) is 2.20. The summed E-state index contributed by atoms with van der Waals surface area (Å²) in [6, 6.07) is 4.01. The van der Waals surface area contributed by atoms with E-state index in [1.807, 2.05) is 0 Å². The summed E-state index contributed by atoms with van der Waals surface area (Å²) in [5.74, 6) is -1.31. The molecule has 0 spiro atoms. The second-order valence-electron chi connectivity index (χ2n) is 3.24. The monoisotopic (exact) mass is 205 g/mol. The van der Waals surface area contributed by atoms with E-state index in [4.69, 9.17) is 5.26 Å². The van der Waals surface area contributed by atoms with E-state index in [2.05, 4.69) is 5.32 Å². The number of rotatable bonds is 0. The Hall–Kier alpha value is -1.93. The number of halogens is 1. The predicted molar refractivity (Wildman–Crippen MR) is 47.6 cm³/mol. The fourth-order valence-electron chi connectivity index (χ4n) is 1.45. The SMILES string of the molecule is N#Cc1cc2c(cc1F)CC(O)C(=O)[N]2. The van der Waals surface area contributed by atoms with Gasteiger partial charge in [0.2, 0.25) is 0 Å². The Morgan fingerprint density at radius 1 is 1.60 bits per heavy atom. The topological polar surface area (TPSA) is 75.2 Å². The number of aliphatic hydroxyl groups is 1. The number of aliphatic hydroxyl groups excluding tert-OH is 1. The molecule has 1 heterocycles. The zero-order valence-electron chi connectivity index (χ0n) is 7.57. The lowest BCUT2D eigenvalue weighted by atomic mass is 9.99. The van der Waals surface area contributed by atoms with Gasteiger partial charge in [0.25, 0.3) is 5.91 Å². The minimum atomic E-state index is -1.20. The maximum absolute atomic E-state index is 13.2. The zero-order valence-corrected chi connectivity index (χ0v) is 7.57. The molecular weight excluding hydrogens is 199 g/mol. The third-order valence-corrected chi connectivity index (χ3v) is 2.22. The molecule has 2 rings (SSSR count). The molecule has 0 bridgehead atoms. The molecule has 1 amide bonds. The van der Waals surface area contributed by atoms with E-state index >= 15 is 0 Å². The van der Waals surface area contributed by atoms with Crippen molar-refractivity contribution in [2.75, 3.05) is 0 Å². The number of benzene rings is 1. The van der Waals surface area contributed by atoms with Crippen molar-refractivity contribution in [2.45, 2.75) is 12.5 Å². The maximum atomic E-state index is 13.2. The molecule has 1 N–H and O–H groups in total. The molecule has 1 aliphatic rings. The van der Waals surface area contributed by atoms with Gasteiger partial charge in [-0.2, -0.15) is 5.26 Å². The Morgan fingerprint density at radius 2 is 2.33 bits per heavy atom. The summed E-state index contributed by atoms with van der Waals surface area (Å²) in [6.45, 7) is 0. The highest BCUT2D eigenvalue weighted by molar-refractivity contribution is 5.88. The van der Waals surface area contributed by atoms with Crippen molar-refractivity contribution in [3.63, 3.8) is 0 Å². The molecule has 1 aromatic carbocycles. The molecule has 0 saturated heterocycles. The van der Waals surface area contributed by atoms with Crippen molar-refractivity contribution in [3.05, 3.63) is 29.1 Å². The average molecular weight is 205 g/mol. The van der Waals surface area contributed by atoms with Gasteiger partial charge in [-0.3, -0.25) is 4.79 Å². The highest BCUT2D eigenvalue weighted by Crippen LogP contribution is 2.25. The number of carbonyl (C=O) groups is 1. The summed E-state index contributed by atoms with van der Waals surface area (Å²) in [4.78, 5) is 11.0. The number of hydrogen-bond donors (Lipinski definition) is 1. The first-order valence-corrected chi connectivity index (χ1v) is 4.28. The van der Waals surface area contributed by atoms with Crippen molar-refractivity contribution in [1.29, 1.82) is 5.26 Å². The van der Waals surface area contributed by atoms with Gasteiger partial charge in [-0.05, 0) is 17.7 Å². The first kappa shape index (κ1) is 9.62. The summed E-state index contributed by atoms with van der Waals surface area (Å²) in [6.07, 6.45) is -1.16. The van der Waals surface area contributed by atoms with Gasteiger partial charge in [-0.25, -0.2) is 9.71 Å². The lowest BCUT2D eigenvalue weighted by Crippen LogP contribution is -2.33. The van der Waals surface area contributed by atoms with Crippen LogP contribution in [0.15, 0.2) is 12.1 Å². The van der Waals surface area contributed by atoms with E-state index < -0.39 is 17.8 Å². The Labute approximate surface area is 84.9 Å². The first-order valence-electron chi connectivity index (χ1n) is 4.28. The van der Waals surface area contributed by atoms with E-state index in [1.54, 1.807) is 6.07 Å². The Kier molecular flexibility index (Phi) is 2.14. The third-order valence-electron chi connectivity index (χ3n) is 2.22. The van der Waals surface area contributed by atoms with Crippen LogP contribution in [0, 0.1) is 17.1 Å². The first-order chi connectivity index (χ1) is 7.11. The molecule has 1 radical (unpaired) electrons. The van der Waals surface area contributed by atoms with Gasteiger partial charge in [0.15, 0.2) is 0 Å². The van der Waals surface area contributed by atoms with Crippen molar-refractivity contribution < 1.29 is 14.3 Å². The second-order valence-corrected chi connectivity index (χ2v) is 3.24. The number of carbonyl (C=O) groups excluding carboxylic acids is 1. The molecule has 0 fully saturated rings. The number of nitriles is 1. The van der Waals surface area contributed by atoms with Crippen LogP contribution in [-0.4, -0.2) is 17.1 Å². The Morgan fingerprint density at radius 3 is 3.00 bits per heavy atom. The standard InChI is InChI=1S/C10H6FN2O2/c11-7-1-5-3-9(14)10(15)13-8(5)2-6(7)4-12/h1-2,9,14H,3H2. The van der Waals surface area contributed by atoms with Gasteiger partial charge >= 0.3 is 0 Å². The number of amides is 1. The summed E-state index contributed by atoms with van der Waals surface area (Å²) in [7, 11) is 0. The largest absolute Gasteiger partial charge is 0.383 e. The van der Waals surface area contributed by atoms with Crippen LogP contribution in [-0.2, 0) is 11.2 Å². The highest BCUT2D eigenvalue weighted by atomic mass is 19.1. The van der Waals surface area contributed by atoms with Crippen LogP contribution in [0.1, 0.15) is 11.1 Å². The van der Waals surface area contributed by atoms with Crippen LogP contribution in [0.5, 0.6) is 0 Å². The predicted octanol–water partition coefficient (Wildman–Crippen LogP) is 0.377. The molecule has 1 aliphatic heterocycles. The molecule has 0 saturated carbocycles. The molecule has 0 aliphatic carbocycles. The van der Waals surface area contributed by atoms with Crippen molar-refractivity contribution in [3.8, 4) is 6.07 Å². The molecule has 0 aromatic heterocycles. The number of nitrogens with zero attached hydrogens (tertiary/aromatic N) is 2. The van der Waals surface area contributed by atoms with E-state index in [9.17, 15) is 14.3 Å². The van der Waals surface area contributed by atoms with E-state index in [-0.39, 0.29) is 17.7 Å². The second kappa shape index (κ2) is 3.33. The highest BCUT2D eigenvalue weighted by Gasteiger charge is 2.26. The van der Waals surface area contributed by atoms with E-state index in [1.165, 1.54) is 6.07 Å². The molecule has 75 valence electrons. The summed E-state index contributed by atoms with van der Waals surface area (Å²) in [5, 5.41) is 21.4. The Balaban J connectivity index is 2.51. The molecular formula is C10H6FN2O2. The van der Waals surface area contributed by atoms with Crippen LogP contribution >= 0.6 is 0 Å². The molecule has 1 atom stereocenters. The van der Waals surface area contributed by atoms with Crippen LogP contribution in [0.4, 0.5) is 10.1 Å². The molecule has 5 heteroatoms. The maximum Gasteiger partial charge on any atom is 0.275 e. The van der Waals surface area contributed by atoms with Crippen molar-refractivity contribution in [2.24, 2.45) is 0 Å². The summed E-state index contributed by atoms with van der Waals surface area (Å²) in [5.41, 5.74) is 0.559. The van der Waals surface area contributed by atoms with E-state index in [0.717, 1.165) is 6.07 Å². The van der Waals surface area contributed by atoms with Gasteiger partial charge in [0.1, 0.15) is 18.0 Å². The quantitative estimate of drug-likeness (QED) is 0.665. The van der Waals surface area contributed by atoms with Gasteiger partial charge < -0.3 is 5.11 Å². The number of fused-ring (bicyclic) bond motifs is 1.